The molecule has 1 aliphatic carbocycles. The van der Waals surface area contributed by atoms with E-state index in [1.807, 2.05) is 0 Å². The van der Waals surface area contributed by atoms with Gasteiger partial charge in [0.1, 0.15) is 18.0 Å². The maximum atomic E-state index is 13.0. The number of ketones is 2. The summed E-state index contributed by atoms with van der Waals surface area (Å²) < 4.78 is 6.76. The van der Waals surface area contributed by atoms with Crippen molar-refractivity contribution >= 4 is 39.0 Å². The summed E-state index contributed by atoms with van der Waals surface area (Å²) in [6, 6.07) is 8.28. The van der Waals surface area contributed by atoms with Gasteiger partial charge < -0.3 is 9.14 Å². The quantitative estimate of drug-likeness (QED) is 0.391. The summed E-state index contributed by atoms with van der Waals surface area (Å²) in [5.41, 5.74) is 1.11. The number of carbonyl (C=O) groups excluding carboxylic acids is 3. The van der Waals surface area contributed by atoms with E-state index in [9.17, 15) is 14.4 Å². The van der Waals surface area contributed by atoms with Crippen LogP contribution in [0, 0.1) is 0 Å². The lowest BCUT2D eigenvalue weighted by Gasteiger charge is -2.14. The molecule has 0 unspecified atom stereocenters. The molecule has 1 aliphatic rings. The summed E-state index contributed by atoms with van der Waals surface area (Å²) in [4.78, 5) is 42.6. The third kappa shape index (κ3) is 2.23. The minimum atomic E-state index is -0.627. The van der Waals surface area contributed by atoms with E-state index in [-0.39, 0.29) is 40.5 Å². The number of carbonyl (C=O) groups is 3. The lowest BCUT2D eigenvalue weighted by molar-refractivity contribution is 0.0531. The zero-order chi connectivity index (χ0) is 17.6. The molecule has 0 bridgehead atoms. The zero-order valence-electron chi connectivity index (χ0n) is 12.9. The Balaban J connectivity index is 2.04. The van der Waals surface area contributed by atoms with Gasteiger partial charge in [-0.3, -0.25) is 14.6 Å². The van der Waals surface area contributed by atoms with E-state index in [0.717, 1.165) is 0 Å². The number of ether oxygens (including phenoxy) is 1. The van der Waals surface area contributed by atoms with Crippen LogP contribution in [0.1, 0.15) is 42.5 Å². The van der Waals surface area contributed by atoms with Gasteiger partial charge in [0, 0.05) is 17.7 Å². The molecule has 0 spiro atoms. The van der Waals surface area contributed by atoms with Crippen molar-refractivity contribution in [3.8, 4) is 0 Å². The maximum absolute atomic E-state index is 13.0. The van der Waals surface area contributed by atoms with Crippen LogP contribution in [0.5, 0.6) is 0 Å². The fourth-order valence-electron chi connectivity index (χ4n) is 3.08. The van der Waals surface area contributed by atoms with Crippen molar-refractivity contribution in [3.63, 3.8) is 0 Å². The Bertz CT molecular complexity index is 1050. The zero-order valence-corrected chi connectivity index (χ0v) is 14.4. The van der Waals surface area contributed by atoms with E-state index >= 15 is 0 Å². The summed E-state index contributed by atoms with van der Waals surface area (Å²) in [5.74, 6) is -1.41. The van der Waals surface area contributed by atoms with E-state index in [4.69, 9.17) is 4.74 Å². The Labute approximate surface area is 150 Å². The molecule has 0 atom stereocenters. The summed E-state index contributed by atoms with van der Waals surface area (Å²) in [7, 11) is 0. The molecule has 3 aromatic rings. The molecule has 0 saturated carbocycles. The SMILES string of the molecule is O=C1c2cccnc2C(=O)c2c1c(C(=O)OCCBr)c1ccccn21. The highest BCUT2D eigenvalue weighted by molar-refractivity contribution is 9.09. The Morgan fingerprint density at radius 1 is 1.16 bits per heavy atom. The van der Waals surface area contributed by atoms with Crippen LogP contribution in [0.25, 0.3) is 5.52 Å². The second-order valence-corrected chi connectivity index (χ2v) is 6.23. The highest BCUT2D eigenvalue weighted by Gasteiger charge is 2.38. The van der Waals surface area contributed by atoms with Crippen molar-refractivity contribution in [2.24, 2.45) is 0 Å². The molecular weight excluding hydrogens is 388 g/mol. The highest BCUT2D eigenvalue weighted by Crippen LogP contribution is 2.33. The monoisotopic (exact) mass is 398 g/mol. The van der Waals surface area contributed by atoms with Crippen LogP contribution >= 0.6 is 15.9 Å². The van der Waals surface area contributed by atoms with Crippen molar-refractivity contribution in [3.05, 3.63) is 70.8 Å². The first-order valence-corrected chi connectivity index (χ1v) is 8.68. The van der Waals surface area contributed by atoms with Crippen LogP contribution in [0.3, 0.4) is 0 Å². The number of hydrogen-bond donors (Lipinski definition) is 0. The van der Waals surface area contributed by atoms with Crippen LogP contribution in [0.2, 0.25) is 0 Å². The molecule has 4 rings (SSSR count). The Morgan fingerprint density at radius 2 is 2.00 bits per heavy atom. The van der Waals surface area contributed by atoms with Crippen molar-refractivity contribution < 1.29 is 19.1 Å². The Hall–Kier alpha value is -2.80. The average Bonchev–Trinajstić information content (AvgIpc) is 3.00. The lowest BCUT2D eigenvalue weighted by Crippen LogP contribution is -2.24. The van der Waals surface area contributed by atoms with E-state index in [1.54, 1.807) is 40.9 Å². The maximum Gasteiger partial charge on any atom is 0.341 e. The molecule has 124 valence electrons. The largest absolute Gasteiger partial charge is 0.461 e. The van der Waals surface area contributed by atoms with E-state index in [0.29, 0.717) is 10.8 Å². The van der Waals surface area contributed by atoms with Gasteiger partial charge in [0.05, 0.1) is 22.2 Å². The molecule has 0 radical (unpaired) electrons. The molecule has 0 amide bonds. The minimum Gasteiger partial charge on any atom is -0.461 e. The van der Waals surface area contributed by atoms with Gasteiger partial charge in [-0.25, -0.2) is 4.79 Å². The first kappa shape index (κ1) is 15.7. The van der Waals surface area contributed by atoms with Crippen molar-refractivity contribution in [2.45, 2.75) is 0 Å². The van der Waals surface area contributed by atoms with Crippen LogP contribution in [0.4, 0.5) is 0 Å². The minimum absolute atomic E-state index is 0.0799. The van der Waals surface area contributed by atoms with Gasteiger partial charge >= 0.3 is 5.97 Å². The molecule has 3 aromatic heterocycles. The van der Waals surface area contributed by atoms with Gasteiger partial charge in [-0.1, -0.05) is 22.0 Å². The highest BCUT2D eigenvalue weighted by atomic mass is 79.9. The number of halogens is 1. The lowest BCUT2D eigenvalue weighted by atomic mass is 9.89. The van der Waals surface area contributed by atoms with Crippen LogP contribution in [-0.2, 0) is 4.74 Å². The first-order chi connectivity index (χ1) is 12.1. The number of rotatable bonds is 3. The Morgan fingerprint density at radius 3 is 2.80 bits per heavy atom. The third-order valence-corrected chi connectivity index (χ3v) is 4.39. The summed E-state index contributed by atoms with van der Waals surface area (Å²) in [6.07, 6.45) is 3.12. The fourth-order valence-corrected chi connectivity index (χ4v) is 3.24. The topological polar surface area (TPSA) is 77.7 Å². The predicted molar refractivity (Wildman–Crippen MR) is 92.6 cm³/mol. The predicted octanol–water partition coefficient (Wildman–Crippen LogP) is 2.66. The van der Waals surface area contributed by atoms with Crippen molar-refractivity contribution in [1.29, 1.82) is 0 Å². The van der Waals surface area contributed by atoms with Crippen LogP contribution < -0.4 is 0 Å². The normalized spacial score (nSPS) is 12.8. The second kappa shape index (κ2) is 5.93. The van der Waals surface area contributed by atoms with Gasteiger partial charge in [-0.15, -0.1) is 0 Å². The molecule has 0 N–H and O–H groups in total. The Kier molecular flexibility index (Phi) is 3.73. The smallest absolute Gasteiger partial charge is 0.341 e. The van der Waals surface area contributed by atoms with Crippen molar-refractivity contribution in [2.75, 3.05) is 11.9 Å². The van der Waals surface area contributed by atoms with Gasteiger partial charge in [-0.2, -0.15) is 0 Å². The second-order valence-electron chi connectivity index (χ2n) is 5.44. The first-order valence-electron chi connectivity index (χ1n) is 7.55. The number of hydrogen-bond acceptors (Lipinski definition) is 5. The van der Waals surface area contributed by atoms with E-state index < -0.39 is 11.8 Å². The molecule has 0 saturated heterocycles. The molecule has 25 heavy (non-hydrogen) atoms. The van der Waals surface area contributed by atoms with Crippen LogP contribution in [-0.4, -0.2) is 38.9 Å². The van der Waals surface area contributed by atoms with Gasteiger partial charge in [0.15, 0.2) is 5.78 Å². The standard InChI is InChI=1S/C18H11BrN2O4/c19-6-9-25-18(24)12-11-5-1-2-8-21(11)15-13(12)16(22)10-4-3-7-20-14(10)17(15)23/h1-5,7-8H,6,9H2. The number of aromatic nitrogens is 2. The van der Waals surface area contributed by atoms with Gasteiger partial charge in [-0.05, 0) is 24.3 Å². The number of fused-ring (bicyclic) bond motifs is 4. The molecule has 0 aliphatic heterocycles. The van der Waals surface area contributed by atoms with Gasteiger partial charge in [0.2, 0.25) is 5.78 Å². The van der Waals surface area contributed by atoms with E-state index in [1.165, 1.54) is 6.20 Å². The number of pyridine rings is 2. The van der Waals surface area contributed by atoms with Gasteiger partial charge in [0.25, 0.3) is 0 Å². The summed E-state index contributed by atoms with van der Waals surface area (Å²) in [6.45, 7) is 0.165. The molecule has 3 heterocycles. The summed E-state index contributed by atoms with van der Waals surface area (Å²) in [5, 5.41) is 0.479. The summed E-state index contributed by atoms with van der Waals surface area (Å²) >= 11 is 3.20. The molecule has 7 heteroatoms. The molecular formula is C18H11BrN2O4. The van der Waals surface area contributed by atoms with Crippen LogP contribution in [0.15, 0.2) is 42.7 Å². The molecule has 0 fully saturated rings. The third-order valence-electron chi connectivity index (χ3n) is 4.07. The number of nitrogens with zero attached hydrogens (tertiary/aromatic N) is 2. The van der Waals surface area contributed by atoms with Crippen molar-refractivity contribution in [1.82, 2.24) is 9.38 Å². The number of alkyl halides is 1. The molecule has 6 nitrogen and oxygen atoms in total. The van der Waals surface area contributed by atoms with E-state index in [2.05, 4.69) is 20.9 Å². The average molecular weight is 399 g/mol. The number of esters is 1. The molecule has 0 aromatic carbocycles. The fraction of sp³-hybridized carbons (Fsp3) is 0.111.